The van der Waals surface area contributed by atoms with E-state index >= 15 is 0 Å². The largest absolute Gasteiger partial charge is 0.396 e. The fourth-order valence-electron chi connectivity index (χ4n) is 7.09. The SMILES string of the molecule is CCCNC(=O)[C@H]1[C@H]2C(=O)N(CCCCCO)C(C(=O)Nc3ccc4ccccc4c3)C23CC(C)[C@]1(C)O3. The highest BCUT2D eigenvalue weighted by Gasteiger charge is 2.79. The molecule has 3 unspecified atom stereocenters. The number of ether oxygens (including phenoxy) is 1. The Kier molecular flexibility index (Phi) is 7.22. The number of amides is 3. The molecule has 1 spiro atoms. The number of unbranched alkanes of at least 4 members (excludes halogenated alkanes) is 2. The smallest absolute Gasteiger partial charge is 0.250 e. The lowest BCUT2D eigenvalue weighted by atomic mass is 9.62. The first-order valence-electron chi connectivity index (χ1n) is 14.0. The molecular weight excluding hydrogens is 482 g/mol. The number of likely N-dealkylation sites (tertiary alicyclic amines) is 1. The van der Waals surface area contributed by atoms with Gasteiger partial charge in [-0.3, -0.25) is 14.4 Å². The number of carbonyl (C=O) groups excluding carboxylic acids is 3. The van der Waals surface area contributed by atoms with Gasteiger partial charge in [-0.05, 0) is 67.9 Å². The van der Waals surface area contributed by atoms with E-state index in [9.17, 15) is 19.5 Å². The summed E-state index contributed by atoms with van der Waals surface area (Å²) in [7, 11) is 0. The van der Waals surface area contributed by atoms with E-state index in [4.69, 9.17) is 4.74 Å². The van der Waals surface area contributed by atoms with Gasteiger partial charge in [-0.2, -0.15) is 0 Å². The molecule has 0 saturated carbocycles. The van der Waals surface area contributed by atoms with E-state index in [1.807, 2.05) is 56.3 Å². The van der Waals surface area contributed by atoms with Gasteiger partial charge in [0.15, 0.2) is 0 Å². The number of aliphatic hydroxyl groups is 1. The quantitative estimate of drug-likeness (QED) is 0.415. The molecule has 3 heterocycles. The number of rotatable bonds is 10. The molecule has 2 aromatic carbocycles. The molecule has 3 saturated heterocycles. The molecule has 2 bridgehead atoms. The summed E-state index contributed by atoms with van der Waals surface area (Å²) in [5.41, 5.74) is -1.22. The average molecular weight is 522 g/mol. The molecule has 8 nitrogen and oxygen atoms in total. The Bertz CT molecular complexity index is 1230. The Balaban J connectivity index is 1.49. The third-order valence-electron chi connectivity index (χ3n) is 8.97. The van der Waals surface area contributed by atoms with Crippen molar-refractivity contribution in [3.05, 3.63) is 42.5 Å². The fourth-order valence-corrected chi connectivity index (χ4v) is 7.09. The number of hydrogen-bond acceptors (Lipinski definition) is 5. The molecule has 3 aliphatic rings. The van der Waals surface area contributed by atoms with E-state index in [1.165, 1.54) is 0 Å². The topological polar surface area (TPSA) is 108 Å². The highest BCUT2D eigenvalue weighted by Crippen LogP contribution is 2.65. The molecule has 0 aromatic heterocycles. The second kappa shape index (κ2) is 10.3. The molecule has 3 N–H and O–H groups in total. The molecule has 2 aromatic rings. The van der Waals surface area contributed by atoms with Gasteiger partial charge in [0.25, 0.3) is 0 Å². The van der Waals surface area contributed by atoms with E-state index in [0.29, 0.717) is 38.0 Å². The first-order valence-corrected chi connectivity index (χ1v) is 14.0. The van der Waals surface area contributed by atoms with Crippen LogP contribution in [0.25, 0.3) is 10.8 Å². The predicted molar refractivity (Wildman–Crippen MR) is 145 cm³/mol. The standard InChI is InChI=1S/C30H39N3O5/c1-4-14-31-26(35)23-24-28(37)33(15-8-5-9-16-34)25(30(24)18-19(2)29(23,3)38-30)27(36)32-22-13-12-20-10-6-7-11-21(20)17-22/h6-7,10-13,17,19,23-25,34H,4-5,8-9,14-16,18H2,1-3H3,(H,31,35)(H,32,36)/t19?,23-,24+,25?,29+,30?/m1/s1. The van der Waals surface area contributed by atoms with Gasteiger partial charge in [0.05, 0.1) is 17.4 Å². The lowest BCUT2D eigenvalue weighted by molar-refractivity contribution is -0.146. The average Bonchev–Trinajstić information content (AvgIpc) is 3.41. The summed E-state index contributed by atoms with van der Waals surface area (Å²) in [5.74, 6) is -1.98. The molecule has 6 atom stereocenters. The Morgan fingerprint density at radius 1 is 1.11 bits per heavy atom. The first-order chi connectivity index (χ1) is 18.3. The summed E-state index contributed by atoms with van der Waals surface area (Å²) < 4.78 is 6.74. The van der Waals surface area contributed by atoms with Crippen molar-refractivity contribution < 1.29 is 24.2 Å². The minimum Gasteiger partial charge on any atom is -0.396 e. The normalized spacial score (nSPS) is 31.6. The van der Waals surface area contributed by atoms with Crippen molar-refractivity contribution in [1.29, 1.82) is 0 Å². The van der Waals surface area contributed by atoms with Gasteiger partial charge in [-0.15, -0.1) is 0 Å². The third kappa shape index (κ3) is 4.18. The van der Waals surface area contributed by atoms with Gasteiger partial charge in [0.2, 0.25) is 17.7 Å². The molecule has 3 aliphatic heterocycles. The number of carbonyl (C=O) groups is 3. The van der Waals surface area contributed by atoms with Crippen LogP contribution in [0.4, 0.5) is 5.69 Å². The molecule has 8 heteroatoms. The Labute approximate surface area is 224 Å². The van der Waals surface area contributed by atoms with Gasteiger partial charge in [0, 0.05) is 25.4 Å². The van der Waals surface area contributed by atoms with Gasteiger partial charge < -0.3 is 25.4 Å². The Hall–Kier alpha value is -2.97. The van der Waals surface area contributed by atoms with Crippen LogP contribution in [0.1, 0.15) is 52.9 Å². The van der Waals surface area contributed by atoms with Crippen LogP contribution in [0.2, 0.25) is 0 Å². The van der Waals surface area contributed by atoms with E-state index in [0.717, 1.165) is 23.6 Å². The van der Waals surface area contributed by atoms with Crippen LogP contribution in [-0.4, -0.2) is 64.7 Å². The maximum absolute atomic E-state index is 14.1. The molecule has 38 heavy (non-hydrogen) atoms. The van der Waals surface area contributed by atoms with E-state index < -0.39 is 29.1 Å². The predicted octanol–water partition coefficient (Wildman–Crippen LogP) is 3.48. The van der Waals surface area contributed by atoms with E-state index in [2.05, 4.69) is 17.6 Å². The first kappa shape index (κ1) is 26.6. The van der Waals surface area contributed by atoms with Gasteiger partial charge in [0.1, 0.15) is 11.6 Å². The summed E-state index contributed by atoms with van der Waals surface area (Å²) >= 11 is 0. The Morgan fingerprint density at radius 2 is 1.87 bits per heavy atom. The number of benzene rings is 2. The van der Waals surface area contributed by atoms with Crippen LogP contribution in [0.3, 0.4) is 0 Å². The summed E-state index contributed by atoms with van der Waals surface area (Å²) in [4.78, 5) is 43.2. The van der Waals surface area contributed by atoms with Crippen LogP contribution in [-0.2, 0) is 19.1 Å². The zero-order valence-corrected chi connectivity index (χ0v) is 22.5. The van der Waals surface area contributed by atoms with Crippen LogP contribution < -0.4 is 10.6 Å². The maximum atomic E-state index is 14.1. The minimum atomic E-state index is -1.06. The van der Waals surface area contributed by atoms with Gasteiger partial charge in [-0.25, -0.2) is 0 Å². The van der Waals surface area contributed by atoms with Crippen LogP contribution in [0, 0.1) is 17.8 Å². The minimum absolute atomic E-state index is 0.00855. The second-order valence-corrected chi connectivity index (χ2v) is 11.4. The molecule has 0 aliphatic carbocycles. The fraction of sp³-hybridized carbons (Fsp3) is 0.567. The molecule has 5 rings (SSSR count). The molecule has 3 amide bonds. The van der Waals surface area contributed by atoms with Crippen molar-refractivity contribution >= 4 is 34.2 Å². The molecule has 3 fully saturated rings. The van der Waals surface area contributed by atoms with Crippen LogP contribution in [0.5, 0.6) is 0 Å². The summed E-state index contributed by atoms with van der Waals surface area (Å²) in [6.07, 6.45) is 3.38. The zero-order valence-electron chi connectivity index (χ0n) is 22.5. The number of hydrogen-bond donors (Lipinski definition) is 3. The van der Waals surface area contributed by atoms with Crippen LogP contribution >= 0.6 is 0 Å². The van der Waals surface area contributed by atoms with Crippen molar-refractivity contribution in [2.75, 3.05) is 25.0 Å². The van der Waals surface area contributed by atoms with Gasteiger partial charge in [-0.1, -0.05) is 44.2 Å². The molecule has 204 valence electrons. The summed E-state index contributed by atoms with van der Waals surface area (Å²) in [6, 6.07) is 12.9. The van der Waals surface area contributed by atoms with Crippen molar-refractivity contribution in [3.8, 4) is 0 Å². The highest BCUT2D eigenvalue weighted by molar-refractivity contribution is 6.04. The van der Waals surface area contributed by atoms with E-state index in [-0.39, 0.29) is 30.2 Å². The number of aliphatic hydroxyl groups excluding tert-OH is 1. The second-order valence-electron chi connectivity index (χ2n) is 11.4. The van der Waals surface area contributed by atoms with Crippen LogP contribution in [0.15, 0.2) is 42.5 Å². The lowest BCUT2D eigenvalue weighted by Crippen LogP contribution is -2.54. The molecule has 0 radical (unpaired) electrons. The lowest BCUT2D eigenvalue weighted by Gasteiger charge is -2.36. The van der Waals surface area contributed by atoms with Crippen molar-refractivity contribution in [1.82, 2.24) is 10.2 Å². The van der Waals surface area contributed by atoms with Gasteiger partial charge >= 0.3 is 0 Å². The van der Waals surface area contributed by atoms with Crippen molar-refractivity contribution in [3.63, 3.8) is 0 Å². The summed E-state index contributed by atoms with van der Waals surface area (Å²) in [5, 5.41) is 17.4. The van der Waals surface area contributed by atoms with Crippen molar-refractivity contribution in [2.24, 2.45) is 17.8 Å². The number of anilines is 1. The summed E-state index contributed by atoms with van der Waals surface area (Å²) in [6.45, 7) is 6.97. The zero-order chi connectivity index (χ0) is 27.1. The highest BCUT2D eigenvalue weighted by atomic mass is 16.5. The number of nitrogens with zero attached hydrogens (tertiary/aromatic N) is 1. The Morgan fingerprint density at radius 3 is 2.61 bits per heavy atom. The maximum Gasteiger partial charge on any atom is 0.250 e. The third-order valence-corrected chi connectivity index (χ3v) is 8.97. The monoisotopic (exact) mass is 521 g/mol. The van der Waals surface area contributed by atoms with E-state index in [1.54, 1.807) is 4.90 Å². The number of fused-ring (bicyclic) bond motifs is 2. The molecular formula is C30H39N3O5. The number of nitrogens with one attached hydrogen (secondary N) is 2. The van der Waals surface area contributed by atoms with Crippen molar-refractivity contribution in [2.45, 2.75) is 70.1 Å².